The van der Waals surface area contributed by atoms with Crippen molar-refractivity contribution in [2.75, 3.05) is 14.2 Å². The highest BCUT2D eigenvalue weighted by Gasteiger charge is 2.39. The molecule has 0 fully saturated rings. The normalized spacial score (nSPS) is 13.4. The molecule has 23 heavy (non-hydrogen) atoms. The summed E-state index contributed by atoms with van der Waals surface area (Å²) in [4.78, 5) is 0. The van der Waals surface area contributed by atoms with Crippen LogP contribution in [0.5, 0.6) is 0 Å². The Hall–Kier alpha value is 0.0569. The highest BCUT2D eigenvalue weighted by molar-refractivity contribution is 6.60. The van der Waals surface area contributed by atoms with E-state index in [0.29, 0.717) is 0 Å². The molecule has 0 saturated carbocycles. The van der Waals surface area contributed by atoms with Crippen LogP contribution in [0.3, 0.4) is 0 Å². The van der Waals surface area contributed by atoms with Crippen LogP contribution in [0.25, 0.3) is 0 Å². The fraction of sp³-hybridized carbons (Fsp3) is 1.00. The third kappa shape index (κ3) is 12.1. The standard InChI is InChI=1S/C18H41NO3Si/c1-5-7-8-9-10-11-12-13-14-15-16-18(19)22-23(20-3,21-4)17-6-2/h18H,5-17,19H2,1-4H3. The van der Waals surface area contributed by atoms with Crippen molar-refractivity contribution in [1.82, 2.24) is 0 Å². The second-order valence-electron chi connectivity index (χ2n) is 6.47. The van der Waals surface area contributed by atoms with Crippen LogP contribution >= 0.6 is 0 Å². The summed E-state index contributed by atoms with van der Waals surface area (Å²) in [5, 5.41) is 0. The summed E-state index contributed by atoms with van der Waals surface area (Å²) in [6.45, 7) is 4.37. The van der Waals surface area contributed by atoms with Gasteiger partial charge in [-0.1, -0.05) is 78.1 Å². The first kappa shape index (κ1) is 23.1. The summed E-state index contributed by atoms with van der Waals surface area (Å²) >= 11 is 0. The van der Waals surface area contributed by atoms with Gasteiger partial charge >= 0.3 is 8.80 Å². The molecular formula is C18H41NO3Si. The lowest BCUT2D eigenvalue weighted by molar-refractivity contribution is 0.0526. The van der Waals surface area contributed by atoms with Gasteiger partial charge in [-0.3, -0.25) is 0 Å². The van der Waals surface area contributed by atoms with Gasteiger partial charge in [-0.2, -0.15) is 0 Å². The summed E-state index contributed by atoms with van der Waals surface area (Å²) in [5.74, 6) is 0. The first-order valence-corrected chi connectivity index (χ1v) is 11.6. The summed E-state index contributed by atoms with van der Waals surface area (Å²) in [6, 6.07) is 0.825. The summed E-state index contributed by atoms with van der Waals surface area (Å²) < 4.78 is 17.0. The van der Waals surface area contributed by atoms with Crippen LogP contribution in [0.2, 0.25) is 6.04 Å². The monoisotopic (exact) mass is 347 g/mol. The molecular weight excluding hydrogens is 306 g/mol. The molecule has 140 valence electrons. The smallest absolute Gasteiger partial charge is 0.377 e. The maximum atomic E-state index is 6.10. The number of hydrogen-bond acceptors (Lipinski definition) is 4. The molecule has 0 aromatic carbocycles. The molecule has 0 heterocycles. The minimum absolute atomic E-state index is 0.262. The molecule has 1 unspecified atom stereocenters. The number of hydrogen-bond donors (Lipinski definition) is 1. The molecule has 0 rings (SSSR count). The van der Waals surface area contributed by atoms with Crippen molar-refractivity contribution in [2.45, 2.75) is 103 Å². The van der Waals surface area contributed by atoms with Gasteiger partial charge in [-0.05, 0) is 12.8 Å². The Labute approximate surface area is 145 Å². The summed E-state index contributed by atoms with van der Waals surface area (Å²) in [7, 11) is 0.802. The van der Waals surface area contributed by atoms with Gasteiger partial charge < -0.3 is 19.0 Å². The van der Waals surface area contributed by atoms with E-state index in [1.54, 1.807) is 14.2 Å². The molecule has 0 spiro atoms. The lowest BCUT2D eigenvalue weighted by Crippen LogP contribution is -2.48. The first-order valence-electron chi connectivity index (χ1n) is 9.67. The third-order valence-corrected chi connectivity index (χ3v) is 7.37. The van der Waals surface area contributed by atoms with Gasteiger partial charge in [0.2, 0.25) is 0 Å². The molecule has 2 N–H and O–H groups in total. The molecule has 0 aliphatic heterocycles. The van der Waals surface area contributed by atoms with Crippen LogP contribution in [0.4, 0.5) is 0 Å². The predicted molar refractivity (Wildman–Crippen MR) is 100 cm³/mol. The van der Waals surface area contributed by atoms with Crippen LogP contribution in [-0.2, 0) is 13.3 Å². The van der Waals surface area contributed by atoms with E-state index in [0.717, 1.165) is 25.3 Å². The highest BCUT2D eigenvalue weighted by Crippen LogP contribution is 2.19. The van der Waals surface area contributed by atoms with Crippen molar-refractivity contribution in [3.63, 3.8) is 0 Å². The molecule has 5 heteroatoms. The fourth-order valence-corrected chi connectivity index (χ4v) is 4.95. The average molecular weight is 348 g/mol. The highest BCUT2D eigenvalue weighted by atomic mass is 28.4. The number of nitrogens with two attached hydrogens (primary N) is 1. The zero-order chi connectivity index (χ0) is 17.4. The van der Waals surface area contributed by atoms with E-state index >= 15 is 0 Å². The maximum absolute atomic E-state index is 6.10. The van der Waals surface area contributed by atoms with E-state index in [2.05, 4.69) is 13.8 Å². The summed E-state index contributed by atoms with van der Waals surface area (Å²) in [5.41, 5.74) is 6.10. The van der Waals surface area contributed by atoms with Gasteiger partial charge in [-0.15, -0.1) is 0 Å². The van der Waals surface area contributed by atoms with E-state index in [-0.39, 0.29) is 6.23 Å². The number of unbranched alkanes of at least 4 members (excludes halogenated alkanes) is 9. The van der Waals surface area contributed by atoms with Crippen molar-refractivity contribution in [2.24, 2.45) is 5.73 Å². The van der Waals surface area contributed by atoms with Crippen molar-refractivity contribution in [3.05, 3.63) is 0 Å². The van der Waals surface area contributed by atoms with Crippen LogP contribution in [0.15, 0.2) is 0 Å². The fourth-order valence-electron chi connectivity index (χ4n) is 2.87. The zero-order valence-corrected chi connectivity index (χ0v) is 17.1. The minimum atomic E-state index is -2.53. The van der Waals surface area contributed by atoms with Crippen LogP contribution in [0, 0.1) is 0 Å². The largest absolute Gasteiger partial charge is 0.501 e. The molecule has 0 aromatic rings. The quantitative estimate of drug-likeness (QED) is 0.222. The van der Waals surface area contributed by atoms with Crippen LogP contribution < -0.4 is 5.73 Å². The Morgan fingerprint density at radius 2 is 1.22 bits per heavy atom. The molecule has 0 aliphatic carbocycles. The van der Waals surface area contributed by atoms with Crippen molar-refractivity contribution < 1.29 is 13.3 Å². The molecule has 0 amide bonds. The molecule has 0 aromatic heterocycles. The Morgan fingerprint density at radius 3 is 1.65 bits per heavy atom. The average Bonchev–Trinajstić information content (AvgIpc) is 2.56. The van der Waals surface area contributed by atoms with Gasteiger partial charge in [0.05, 0.1) is 6.23 Å². The van der Waals surface area contributed by atoms with Gasteiger partial charge in [0, 0.05) is 20.3 Å². The molecule has 0 aliphatic rings. The van der Waals surface area contributed by atoms with Crippen molar-refractivity contribution in [3.8, 4) is 0 Å². The van der Waals surface area contributed by atoms with Gasteiger partial charge in [0.15, 0.2) is 0 Å². The summed E-state index contributed by atoms with van der Waals surface area (Å²) in [6.07, 6.45) is 15.0. The minimum Gasteiger partial charge on any atom is -0.377 e. The third-order valence-electron chi connectivity index (χ3n) is 4.35. The first-order chi connectivity index (χ1) is 11.1. The number of rotatable bonds is 17. The van der Waals surface area contributed by atoms with E-state index in [9.17, 15) is 0 Å². The Bertz CT molecular complexity index is 250. The predicted octanol–water partition coefficient (Wildman–Crippen LogP) is 5.24. The van der Waals surface area contributed by atoms with Gasteiger partial charge in [-0.25, -0.2) is 0 Å². The molecule has 0 bridgehead atoms. The van der Waals surface area contributed by atoms with E-state index in [1.807, 2.05) is 0 Å². The SMILES string of the molecule is CCCCCCCCCCCCC(N)O[Si](CCC)(OC)OC. The van der Waals surface area contributed by atoms with Crippen molar-refractivity contribution in [1.29, 1.82) is 0 Å². The zero-order valence-electron chi connectivity index (χ0n) is 16.1. The molecule has 1 atom stereocenters. The van der Waals surface area contributed by atoms with Gasteiger partial charge in [0.25, 0.3) is 0 Å². The second-order valence-corrected chi connectivity index (χ2v) is 9.39. The van der Waals surface area contributed by atoms with Gasteiger partial charge in [0.1, 0.15) is 0 Å². The Balaban J connectivity index is 3.60. The van der Waals surface area contributed by atoms with E-state index < -0.39 is 8.80 Å². The lowest BCUT2D eigenvalue weighted by Gasteiger charge is -2.29. The van der Waals surface area contributed by atoms with E-state index in [4.69, 9.17) is 19.0 Å². The van der Waals surface area contributed by atoms with Crippen LogP contribution in [-0.4, -0.2) is 29.3 Å². The second kappa shape index (κ2) is 15.6. The lowest BCUT2D eigenvalue weighted by atomic mass is 10.1. The molecule has 4 nitrogen and oxygen atoms in total. The maximum Gasteiger partial charge on any atom is 0.501 e. The van der Waals surface area contributed by atoms with Crippen LogP contribution in [0.1, 0.15) is 90.9 Å². The molecule has 0 saturated heterocycles. The van der Waals surface area contributed by atoms with Crippen molar-refractivity contribution >= 4 is 8.80 Å². The Morgan fingerprint density at radius 1 is 0.739 bits per heavy atom. The Kier molecular flexibility index (Phi) is 15.6. The topological polar surface area (TPSA) is 53.7 Å². The molecule has 0 radical (unpaired) electrons. The van der Waals surface area contributed by atoms with E-state index in [1.165, 1.54) is 57.8 Å².